The third kappa shape index (κ3) is 4.99. The van der Waals surface area contributed by atoms with E-state index in [0.717, 1.165) is 61.0 Å². The van der Waals surface area contributed by atoms with Gasteiger partial charge in [-0.2, -0.15) is 0 Å². The van der Waals surface area contributed by atoms with Crippen molar-refractivity contribution in [1.82, 2.24) is 19.5 Å². The van der Waals surface area contributed by atoms with Crippen LogP contribution in [0.1, 0.15) is 38.8 Å². The maximum atomic E-state index is 6.21. The standard InChI is InChI=1S/C34H25N5.C2H6.Pt/c1-34(2,24-17-18-28-27(21-24)31-26(32(35)37-28)14-9-19-36-31)23-11-8-10-22(20-23)33-38-29-15-6-7-16-30(29)39(33)25-12-4-3-5-13-25;1-2;/h3-19H,1-2H3,(H2,35,37);1-2H3;/q-2;;+2. The van der Waals surface area contributed by atoms with Crippen molar-refractivity contribution in [2.45, 2.75) is 33.1 Å². The van der Waals surface area contributed by atoms with Crippen LogP contribution in [0.5, 0.6) is 0 Å². The molecule has 3 heterocycles. The minimum Gasteiger partial charge on any atom is -0.384 e. The molecular weight excluding hydrogens is 698 g/mol. The Balaban J connectivity index is 0.00000115. The summed E-state index contributed by atoms with van der Waals surface area (Å²) in [6, 6.07) is 40.1. The van der Waals surface area contributed by atoms with E-state index in [4.69, 9.17) is 10.7 Å². The van der Waals surface area contributed by atoms with Crippen LogP contribution in [0.25, 0.3) is 49.9 Å². The second kappa shape index (κ2) is 11.9. The molecule has 210 valence electrons. The second-order valence-electron chi connectivity index (χ2n) is 10.2. The Labute approximate surface area is 260 Å². The Morgan fingerprint density at radius 2 is 1.45 bits per heavy atom. The molecule has 3 aromatic heterocycles. The molecule has 0 aliphatic carbocycles. The third-order valence-electron chi connectivity index (χ3n) is 7.44. The zero-order chi connectivity index (χ0) is 28.6. The van der Waals surface area contributed by atoms with Gasteiger partial charge in [-0.1, -0.05) is 69.5 Å². The first kappa shape index (κ1) is 29.2. The Hall–Kier alpha value is -4.34. The monoisotopic (exact) mass is 728 g/mol. The summed E-state index contributed by atoms with van der Waals surface area (Å²) in [4.78, 5) is 14.2. The zero-order valence-corrected chi connectivity index (χ0v) is 26.3. The van der Waals surface area contributed by atoms with E-state index in [1.165, 1.54) is 0 Å². The molecule has 0 aliphatic rings. The summed E-state index contributed by atoms with van der Waals surface area (Å²) < 4.78 is 2.20. The summed E-state index contributed by atoms with van der Waals surface area (Å²) in [7, 11) is 0. The van der Waals surface area contributed by atoms with Crippen molar-refractivity contribution in [2.24, 2.45) is 0 Å². The minimum atomic E-state index is -0.393. The van der Waals surface area contributed by atoms with Gasteiger partial charge in [-0.15, -0.1) is 59.2 Å². The second-order valence-corrected chi connectivity index (χ2v) is 10.2. The number of hydrogen-bond donors (Lipinski definition) is 1. The molecule has 0 bridgehead atoms. The molecule has 7 aromatic rings. The third-order valence-corrected chi connectivity index (χ3v) is 7.44. The number of rotatable bonds is 4. The van der Waals surface area contributed by atoms with Gasteiger partial charge in [-0.05, 0) is 46.6 Å². The molecule has 0 saturated carbocycles. The van der Waals surface area contributed by atoms with Crippen LogP contribution >= 0.6 is 0 Å². The average Bonchev–Trinajstić information content (AvgIpc) is 3.42. The smallest absolute Gasteiger partial charge is 0.384 e. The van der Waals surface area contributed by atoms with Gasteiger partial charge in [0.05, 0.1) is 16.9 Å². The van der Waals surface area contributed by atoms with Crippen molar-refractivity contribution in [3.8, 4) is 17.1 Å². The fourth-order valence-electron chi connectivity index (χ4n) is 5.28. The summed E-state index contributed by atoms with van der Waals surface area (Å²) in [6.45, 7) is 8.39. The summed E-state index contributed by atoms with van der Waals surface area (Å²) in [6.07, 6.45) is 1.78. The quantitative estimate of drug-likeness (QED) is 0.146. The molecule has 0 unspecified atom stereocenters. The Kier molecular flexibility index (Phi) is 8.24. The van der Waals surface area contributed by atoms with Crippen LogP contribution in [-0.4, -0.2) is 19.5 Å². The number of anilines is 1. The molecule has 0 amide bonds. The van der Waals surface area contributed by atoms with Gasteiger partial charge >= 0.3 is 21.1 Å². The van der Waals surface area contributed by atoms with Gasteiger partial charge in [-0.25, -0.2) is 0 Å². The summed E-state index contributed by atoms with van der Waals surface area (Å²) in [5, 5.41) is 1.71. The van der Waals surface area contributed by atoms with E-state index in [9.17, 15) is 0 Å². The van der Waals surface area contributed by atoms with Crippen molar-refractivity contribution in [2.75, 3.05) is 5.73 Å². The van der Waals surface area contributed by atoms with Crippen LogP contribution < -0.4 is 5.73 Å². The van der Waals surface area contributed by atoms with Gasteiger partial charge in [0.1, 0.15) is 5.82 Å². The fraction of sp³-hybridized carbons (Fsp3) is 0.139. The van der Waals surface area contributed by atoms with E-state index >= 15 is 0 Å². The van der Waals surface area contributed by atoms with Crippen LogP contribution in [0.3, 0.4) is 0 Å². The van der Waals surface area contributed by atoms with Crippen LogP contribution in [-0.2, 0) is 26.5 Å². The number of imidazole rings is 1. The van der Waals surface area contributed by atoms with E-state index < -0.39 is 5.41 Å². The average molecular weight is 729 g/mol. The van der Waals surface area contributed by atoms with Gasteiger partial charge in [0.2, 0.25) is 0 Å². The SMILES string of the molecule is CC.CC(C)(c1[c-]c(-c2nc3ccccc3n2-c2ccccc2)ccc1)c1[c-]c2c(cc1)nc(N)c1cccnc12.[Pt+2]. The van der Waals surface area contributed by atoms with E-state index in [1.807, 2.05) is 62.4 Å². The Morgan fingerprint density at radius 1 is 0.714 bits per heavy atom. The maximum Gasteiger partial charge on any atom is 2.00 e. The number of pyridine rings is 2. The Morgan fingerprint density at radius 3 is 2.26 bits per heavy atom. The summed E-state index contributed by atoms with van der Waals surface area (Å²) in [5.41, 5.74) is 13.5. The number of hydrogen-bond acceptors (Lipinski definition) is 4. The van der Waals surface area contributed by atoms with Crippen LogP contribution in [0.4, 0.5) is 5.82 Å². The van der Waals surface area contributed by atoms with Crippen LogP contribution in [0.2, 0.25) is 0 Å². The largest absolute Gasteiger partial charge is 2.00 e. The van der Waals surface area contributed by atoms with E-state index in [0.29, 0.717) is 5.82 Å². The molecule has 4 aromatic carbocycles. The minimum absolute atomic E-state index is 0. The molecule has 0 atom stereocenters. The molecule has 6 heteroatoms. The summed E-state index contributed by atoms with van der Waals surface area (Å²) >= 11 is 0. The van der Waals surface area contributed by atoms with Gasteiger partial charge in [0, 0.05) is 17.4 Å². The van der Waals surface area contributed by atoms with Crippen molar-refractivity contribution in [3.05, 3.63) is 127 Å². The molecule has 0 spiro atoms. The molecule has 0 saturated heterocycles. The zero-order valence-electron chi connectivity index (χ0n) is 24.0. The van der Waals surface area contributed by atoms with Gasteiger partial charge in [0.15, 0.2) is 0 Å². The predicted molar refractivity (Wildman–Crippen MR) is 169 cm³/mol. The number of para-hydroxylation sites is 3. The number of benzene rings is 4. The van der Waals surface area contributed by atoms with Gasteiger partial charge < -0.3 is 15.3 Å². The van der Waals surface area contributed by atoms with Crippen molar-refractivity contribution >= 4 is 38.7 Å². The van der Waals surface area contributed by atoms with Crippen molar-refractivity contribution in [3.63, 3.8) is 0 Å². The van der Waals surface area contributed by atoms with Gasteiger partial charge in [0.25, 0.3) is 0 Å². The van der Waals surface area contributed by atoms with E-state index in [-0.39, 0.29) is 21.1 Å². The van der Waals surface area contributed by atoms with Crippen LogP contribution in [0.15, 0.2) is 103 Å². The first-order chi connectivity index (χ1) is 20.0. The number of nitrogen functional groups attached to an aromatic ring is 1. The molecule has 42 heavy (non-hydrogen) atoms. The molecule has 0 aliphatic heterocycles. The maximum absolute atomic E-state index is 6.21. The predicted octanol–water partition coefficient (Wildman–Crippen LogP) is 8.32. The molecular formula is C36H31N5Pt. The topological polar surface area (TPSA) is 69.6 Å². The number of nitrogens with zero attached hydrogens (tertiary/aromatic N) is 4. The molecule has 2 N–H and O–H groups in total. The first-order valence-corrected chi connectivity index (χ1v) is 13.9. The number of nitrogens with two attached hydrogens (primary N) is 1. The van der Waals surface area contributed by atoms with Crippen LogP contribution in [0, 0.1) is 12.1 Å². The molecule has 0 fully saturated rings. The summed E-state index contributed by atoms with van der Waals surface area (Å²) in [5.74, 6) is 1.34. The van der Waals surface area contributed by atoms with E-state index in [2.05, 4.69) is 89.0 Å². The van der Waals surface area contributed by atoms with E-state index in [1.54, 1.807) is 6.20 Å². The van der Waals surface area contributed by atoms with Crippen molar-refractivity contribution < 1.29 is 21.1 Å². The molecule has 0 radical (unpaired) electrons. The Bertz CT molecular complexity index is 2010. The molecule has 7 rings (SSSR count). The van der Waals surface area contributed by atoms with Crippen molar-refractivity contribution in [1.29, 1.82) is 0 Å². The van der Waals surface area contributed by atoms with Gasteiger partial charge in [-0.3, -0.25) is 9.97 Å². The number of aromatic nitrogens is 4. The fourth-order valence-corrected chi connectivity index (χ4v) is 5.28. The number of fused-ring (bicyclic) bond motifs is 4. The molecule has 5 nitrogen and oxygen atoms in total. The first-order valence-electron chi connectivity index (χ1n) is 13.9. The normalized spacial score (nSPS) is 11.2.